The van der Waals surface area contributed by atoms with Crippen molar-refractivity contribution in [2.24, 2.45) is 0 Å². The van der Waals surface area contributed by atoms with Gasteiger partial charge in [-0.1, -0.05) is 172 Å². The zero-order chi connectivity index (χ0) is 42.8. The van der Waals surface area contributed by atoms with Gasteiger partial charge in [0.15, 0.2) is 6.10 Å². The monoisotopic (exact) mass is 818 g/mol. The third-order valence-electron chi connectivity index (χ3n) is 10.8. The van der Waals surface area contributed by atoms with Gasteiger partial charge in [-0.25, -0.2) is 0 Å². The molecular weight excluding hydrogens is 727 g/mol. The second kappa shape index (κ2) is 41.3. The van der Waals surface area contributed by atoms with Crippen LogP contribution in [0.15, 0.2) is 36.5 Å². The van der Waals surface area contributed by atoms with Crippen LogP contribution in [0.3, 0.4) is 0 Å². The van der Waals surface area contributed by atoms with Crippen LogP contribution in [0, 0.1) is 0 Å². The highest BCUT2D eigenvalue weighted by atomic mass is 16.6. The van der Waals surface area contributed by atoms with Crippen LogP contribution in [0.1, 0.15) is 213 Å². The molecule has 8 nitrogen and oxygen atoms in total. The van der Waals surface area contributed by atoms with E-state index < -0.39 is 18.1 Å². The van der Waals surface area contributed by atoms with Crippen LogP contribution in [-0.4, -0.2) is 75.5 Å². The Hall–Kier alpha value is -2.45. The molecule has 0 aliphatic heterocycles. The number of ether oxygens (including phenoxy) is 3. The maximum atomic E-state index is 12.7. The maximum absolute atomic E-state index is 12.7. The fraction of sp³-hybridized carbons (Fsp3) is 0.820. The maximum Gasteiger partial charge on any atom is 0.306 e. The summed E-state index contributed by atoms with van der Waals surface area (Å²) in [5, 5.41) is 11.6. The van der Waals surface area contributed by atoms with E-state index in [1.54, 1.807) is 21.1 Å². The molecule has 0 aliphatic carbocycles. The minimum atomic E-state index is -1.13. The third-order valence-corrected chi connectivity index (χ3v) is 10.8. The lowest BCUT2D eigenvalue weighted by atomic mass is 10.1. The van der Waals surface area contributed by atoms with E-state index in [-0.39, 0.29) is 49.1 Å². The Balaban J connectivity index is 4.28. The molecule has 338 valence electrons. The van der Waals surface area contributed by atoms with Gasteiger partial charge in [-0.3, -0.25) is 9.59 Å². The standard InChI is InChI=1S/C50H91NO7/c1-6-8-10-12-14-16-18-20-21-22-23-24-25-26-27-29-30-32-34-36-38-40-48(52)57-45-46(44-56-43-42-47(50(54)55)51(3,4)5)58-49(53)41-39-37-35-33-31-28-19-17-15-13-11-9-7-2/h24-25,28,31,35,37,46-47H,6-23,26-27,29-30,32-34,36,38-45H2,1-5H3/b25-24+,31-28+,37-35+. The summed E-state index contributed by atoms with van der Waals surface area (Å²) in [6, 6.07) is -0.734. The Kier molecular flexibility index (Phi) is 39.5. The number of aliphatic carboxylic acids is 1. The smallest absolute Gasteiger partial charge is 0.306 e. The topological polar surface area (TPSA) is 102 Å². The molecule has 0 aromatic rings. The summed E-state index contributed by atoms with van der Waals surface area (Å²) in [5.41, 5.74) is 0. The zero-order valence-corrected chi connectivity index (χ0v) is 38.5. The van der Waals surface area contributed by atoms with Crippen molar-refractivity contribution in [1.82, 2.24) is 0 Å². The largest absolute Gasteiger partial charge is 0.544 e. The molecule has 0 aromatic carbocycles. The van der Waals surface area contributed by atoms with Crippen LogP contribution < -0.4 is 5.11 Å². The van der Waals surface area contributed by atoms with Crippen molar-refractivity contribution < 1.29 is 38.2 Å². The SMILES string of the molecule is CCCCCCCC/C=C/C/C=C/CCC(=O)OC(COCCC(C(=O)[O-])[N+](C)(C)C)COC(=O)CCCCCCCCC/C=C/CCCCCCCCCCCC. The second-order valence-electron chi connectivity index (χ2n) is 17.3. The molecule has 0 bridgehead atoms. The van der Waals surface area contributed by atoms with E-state index in [1.807, 2.05) is 6.08 Å². The number of unbranched alkanes of at least 4 members (excludes halogenated alkanes) is 23. The van der Waals surface area contributed by atoms with E-state index in [0.29, 0.717) is 12.8 Å². The van der Waals surface area contributed by atoms with Crippen molar-refractivity contribution >= 4 is 17.9 Å². The first kappa shape index (κ1) is 55.5. The Labute approximate surface area is 357 Å². The van der Waals surface area contributed by atoms with Crippen molar-refractivity contribution in [2.45, 2.75) is 225 Å². The van der Waals surface area contributed by atoms with E-state index >= 15 is 0 Å². The van der Waals surface area contributed by atoms with Crippen LogP contribution in [0.25, 0.3) is 0 Å². The molecule has 0 saturated heterocycles. The van der Waals surface area contributed by atoms with Crippen LogP contribution in [0.2, 0.25) is 0 Å². The van der Waals surface area contributed by atoms with E-state index in [2.05, 4.69) is 44.2 Å². The number of carboxylic acids is 1. The number of rotatable bonds is 43. The van der Waals surface area contributed by atoms with Gasteiger partial charge in [0.05, 0.1) is 40.3 Å². The number of likely N-dealkylation sites (N-methyl/N-ethyl adjacent to an activating group) is 1. The number of carbonyl (C=O) groups is 3. The van der Waals surface area contributed by atoms with Crippen LogP contribution in [-0.2, 0) is 28.6 Å². The average Bonchev–Trinajstić information content (AvgIpc) is 3.18. The summed E-state index contributed by atoms with van der Waals surface area (Å²) < 4.78 is 17.1. The normalized spacial score (nSPS) is 13.2. The fourth-order valence-electron chi connectivity index (χ4n) is 7.00. The Morgan fingerprint density at radius 1 is 0.517 bits per heavy atom. The van der Waals surface area contributed by atoms with Crippen molar-refractivity contribution in [3.8, 4) is 0 Å². The molecule has 0 radical (unpaired) electrons. The molecule has 0 aromatic heterocycles. The van der Waals surface area contributed by atoms with E-state index in [1.165, 1.54) is 141 Å². The third kappa shape index (κ3) is 39.0. The van der Waals surface area contributed by atoms with Gasteiger partial charge in [-0.15, -0.1) is 0 Å². The summed E-state index contributed by atoms with van der Waals surface area (Å²) >= 11 is 0. The Morgan fingerprint density at radius 3 is 1.41 bits per heavy atom. The van der Waals surface area contributed by atoms with E-state index in [4.69, 9.17) is 14.2 Å². The van der Waals surface area contributed by atoms with Crippen LogP contribution >= 0.6 is 0 Å². The van der Waals surface area contributed by atoms with Gasteiger partial charge in [-0.05, 0) is 57.8 Å². The number of esters is 2. The van der Waals surface area contributed by atoms with Crippen molar-refractivity contribution in [2.75, 3.05) is 41.0 Å². The number of allylic oxidation sites excluding steroid dienone is 6. The summed E-state index contributed by atoms with van der Waals surface area (Å²) in [6.45, 7) is 4.60. The molecule has 0 spiro atoms. The lowest BCUT2D eigenvalue weighted by Gasteiger charge is -2.34. The fourth-order valence-corrected chi connectivity index (χ4v) is 7.00. The van der Waals surface area contributed by atoms with Gasteiger partial charge in [0, 0.05) is 19.3 Å². The quantitative estimate of drug-likeness (QED) is 0.0261. The molecule has 0 amide bonds. The zero-order valence-electron chi connectivity index (χ0n) is 38.5. The first-order valence-electron chi connectivity index (χ1n) is 24.0. The summed E-state index contributed by atoms with van der Waals surface area (Å²) in [7, 11) is 5.39. The second-order valence-corrected chi connectivity index (χ2v) is 17.3. The summed E-state index contributed by atoms with van der Waals surface area (Å²) in [4.78, 5) is 36.9. The molecule has 2 atom stereocenters. The predicted octanol–water partition coefficient (Wildman–Crippen LogP) is 12.1. The lowest BCUT2D eigenvalue weighted by molar-refractivity contribution is -0.889. The Morgan fingerprint density at radius 2 is 0.948 bits per heavy atom. The first-order valence-corrected chi connectivity index (χ1v) is 24.0. The highest BCUT2D eigenvalue weighted by molar-refractivity contribution is 5.70. The number of carbonyl (C=O) groups excluding carboxylic acids is 3. The van der Waals surface area contributed by atoms with Gasteiger partial charge < -0.3 is 28.6 Å². The highest BCUT2D eigenvalue weighted by Gasteiger charge is 2.25. The number of carboxylic acid groups (broad SMARTS) is 1. The van der Waals surface area contributed by atoms with Gasteiger partial charge >= 0.3 is 11.9 Å². The van der Waals surface area contributed by atoms with Crippen LogP contribution in [0.4, 0.5) is 0 Å². The molecule has 0 N–H and O–H groups in total. The number of hydrogen-bond donors (Lipinski definition) is 0. The van der Waals surface area contributed by atoms with E-state index in [0.717, 1.165) is 32.1 Å². The molecule has 0 aliphatic rings. The molecule has 8 heteroatoms. The van der Waals surface area contributed by atoms with Gasteiger partial charge in [0.1, 0.15) is 12.6 Å². The first-order chi connectivity index (χ1) is 28.1. The van der Waals surface area contributed by atoms with Gasteiger partial charge in [-0.2, -0.15) is 0 Å². The summed E-state index contributed by atoms with van der Waals surface area (Å²) in [6.07, 6.45) is 47.6. The molecule has 58 heavy (non-hydrogen) atoms. The number of hydrogen-bond acceptors (Lipinski definition) is 7. The average molecular weight is 818 g/mol. The van der Waals surface area contributed by atoms with Gasteiger partial charge in [0.25, 0.3) is 0 Å². The molecular formula is C50H91NO7. The highest BCUT2D eigenvalue weighted by Crippen LogP contribution is 2.14. The molecule has 0 fully saturated rings. The minimum Gasteiger partial charge on any atom is -0.544 e. The van der Waals surface area contributed by atoms with Crippen LogP contribution in [0.5, 0.6) is 0 Å². The van der Waals surface area contributed by atoms with Crippen molar-refractivity contribution in [1.29, 1.82) is 0 Å². The Bertz CT molecular complexity index is 1050. The minimum absolute atomic E-state index is 0.0182. The number of nitrogens with zero attached hydrogens (tertiary/aromatic N) is 1. The van der Waals surface area contributed by atoms with Gasteiger partial charge in [0.2, 0.25) is 0 Å². The van der Waals surface area contributed by atoms with Crippen molar-refractivity contribution in [3.05, 3.63) is 36.5 Å². The lowest BCUT2D eigenvalue weighted by Crippen LogP contribution is -2.55. The molecule has 2 unspecified atom stereocenters. The molecule has 0 heterocycles. The molecule has 0 rings (SSSR count). The predicted molar refractivity (Wildman–Crippen MR) is 240 cm³/mol. The number of quaternary nitrogens is 1. The molecule has 0 saturated carbocycles. The van der Waals surface area contributed by atoms with Crippen molar-refractivity contribution in [3.63, 3.8) is 0 Å². The summed E-state index contributed by atoms with van der Waals surface area (Å²) in [5.74, 6) is -1.82. The van der Waals surface area contributed by atoms with E-state index in [9.17, 15) is 19.5 Å².